The molecule has 2 heterocycles. The fourth-order valence-electron chi connectivity index (χ4n) is 4.01. The average Bonchev–Trinajstić information content (AvgIpc) is 2.83. The first-order valence-electron chi connectivity index (χ1n) is 9.76. The molecule has 0 radical (unpaired) electrons. The van der Waals surface area contributed by atoms with Gasteiger partial charge in [-0.25, -0.2) is 0 Å². The zero-order valence-electron chi connectivity index (χ0n) is 16.5. The van der Waals surface area contributed by atoms with E-state index in [2.05, 4.69) is 10.6 Å². The third-order valence-corrected chi connectivity index (χ3v) is 6.29. The number of fused-ring (bicyclic) bond motifs is 2. The number of hydrogen-bond donors (Lipinski definition) is 2. The zero-order chi connectivity index (χ0) is 21.3. The van der Waals surface area contributed by atoms with E-state index in [0.29, 0.717) is 41.4 Å². The van der Waals surface area contributed by atoms with Gasteiger partial charge in [0.2, 0.25) is 11.8 Å². The van der Waals surface area contributed by atoms with Crippen LogP contribution in [-0.4, -0.2) is 53.3 Å². The predicted octanol–water partition coefficient (Wildman–Crippen LogP) is 3.41. The number of nitrogens with zero attached hydrogens (tertiary/aromatic N) is 1. The number of nitrogens with one attached hydrogen (secondary N) is 2. The Morgan fingerprint density at radius 3 is 2.67 bits per heavy atom. The monoisotopic (exact) mass is 443 g/mol. The van der Waals surface area contributed by atoms with E-state index in [0.717, 1.165) is 11.1 Å². The summed E-state index contributed by atoms with van der Waals surface area (Å²) in [4.78, 5) is 39.7. The Labute approximate surface area is 184 Å². The molecule has 2 aliphatic rings. The number of thioether (sulfide) groups is 1. The summed E-state index contributed by atoms with van der Waals surface area (Å²) in [6.07, 6.45) is 2.91. The molecular formula is C22H22ClN3O3S. The summed E-state index contributed by atoms with van der Waals surface area (Å²) in [5.74, 6) is -0.0463. The van der Waals surface area contributed by atoms with Crippen molar-refractivity contribution in [3.8, 4) is 11.1 Å². The van der Waals surface area contributed by atoms with Gasteiger partial charge >= 0.3 is 0 Å². The molecule has 0 aliphatic carbocycles. The molecule has 2 aromatic rings. The van der Waals surface area contributed by atoms with Gasteiger partial charge < -0.3 is 15.5 Å². The predicted molar refractivity (Wildman–Crippen MR) is 120 cm³/mol. The first kappa shape index (κ1) is 20.8. The number of rotatable bonds is 4. The lowest BCUT2D eigenvalue weighted by Crippen LogP contribution is -2.55. The number of piperidine rings is 1. The van der Waals surface area contributed by atoms with Crippen LogP contribution in [0.3, 0.4) is 0 Å². The minimum Gasteiger partial charge on any atom is -0.352 e. The molecule has 8 heteroatoms. The summed E-state index contributed by atoms with van der Waals surface area (Å²) in [6.45, 7) is 0.422. The summed E-state index contributed by atoms with van der Waals surface area (Å²) < 4.78 is 0. The van der Waals surface area contributed by atoms with Crippen molar-refractivity contribution in [2.45, 2.75) is 24.9 Å². The van der Waals surface area contributed by atoms with Crippen LogP contribution in [0.2, 0.25) is 5.02 Å². The summed E-state index contributed by atoms with van der Waals surface area (Å²) in [6, 6.07) is 12.2. The molecule has 0 saturated carbocycles. The van der Waals surface area contributed by atoms with E-state index in [9.17, 15) is 14.4 Å². The van der Waals surface area contributed by atoms with Gasteiger partial charge in [0.1, 0.15) is 6.04 Å². The number of carbonyl (C=O) groups is 3. The van der Waals surface area contributed by atoms with Crippen molar-refractivity contribution in [3.63, 3.8) is 0 Å². The molecule has 6 nitrogen and oxygen atoms in total. The van der Waals surface area contributed by atoms with Gasteiger partial charge in [-0.05, 0) is 54.5 Å². The Hall–Kier alpha value is -2.51. The molecule has 0 aromatic heterocycles. The van der Waals surface area contributed by atoms with Gasteiger partial charge in [-0.15, -0.1) is 0 Å². The number of halogens is 1. The van der Waals surface area contributed by atoms with E-state index < -0.39 is 6.04 Å². The van der Waals surface area contributed by atoms with Crippen molar-refractivity contribution >= 4 is 46.8 Å². The Morgan fingerprint density at radius 1 is 1.20 bits per heavy atom. The molecule has 2 aromatic carbocycles. The number of benzene rings is 2. The molecule has 2 N–H and O–H groups in total. The fourth-order valence-corrected chi connectivity index (χ4v) is 4.48. The van der Waals surface area contributed by atoms with E-state index >= 15 is 0 Å². The van der Waals surface area contributed by atoms with Gasteiger partial charge in [0.15, 0.2) is 0 Å². The maximum atomic E-state index is 13.3. The van der Waals surface area contributed by atoms with E-state index in [1.54, 1.807) is 23.1 Å². The van der Waals surface area contributed by atoms with E-state index in [-0.39, 0.29) is 23.8 Å². The molecule has 30 heavy (non-hydrogen) atoms. The first-order chi connectivity index (χ1) is 14.5. The third-order valence-electron chi connectivity index (χ3n) is 5.49. The van der Waals surface area contributed by atoms with E-state index in [1.807, 2.05) is 30.5 Å². The number of amides is 3. The zero-order valence-corrected chi connectivity index (χ0v) is 18.1. The number of carbonyl (C=O) groups excluding carboxylic acids is 3. The highest BCUT2D eigenvalue weighted by Gasteiger charge is 2.40. The Balaban J connectivity index is 1.59. The first-order valence-corrected chi connectivity index (χ1v) is 11.5. The van der Waals surface area contributed by atoms with Crippen LogP contribution in [0.1, 0.15) is 23.2 Å². The summed E-state index contributed by atoms with van der Waals surface area (Å²) in [5.41, 5.74) is 2.81. The van der Waals surface area contributed by atoms with Crippen molar-refractivity contribution < 1.29 is 14.4 Å². The van der Waals surface area contributed by atoms with Crippen molar-refractivity contribution in [1.29, 1.82) is 0 Å². The highest BCUT2D eigenvalue weighted by atomic mass is 35.5. The van der Waals surface area contributed by atoms with Gasteiger partial charge in [0.25, 0.3) is 5.91 Å². The van der Waals surface area contributed by atoms with Gasteiger partial charge in [0.05, 0.1) is 17.0 Å². The highest BCUT2D eigenvalue weighted by Crippen LogP contribution is 2.32. The second-order valence-corrected chi connectivity index (χ2v) is 8.80. The third kappa shape index (κ3) is 4.18. The molecule has 1 saturated heterocycles. The Bertz CT molecular complexity index is 996. The lowest BCUT2D eigenvalue weighted by molar-refractivity contribution is -0.123. The SMILES string of the molecule is CSCC(=O)N[C@@H]1CCN2C(=O)c3cc(-c4ccc(Cl)cc4)ccc3NC(=O)[C@@H]2C1. The lowest BCUT2D eigenvalue weighted by atomic mass is 9.96. The molecule has 1 fully saturated rings. The van der Waals surface area contributed by atoms with Crippen molar-refractivity contribution in [2.24, 2.45) is 0 Å². The molecule has 0 bridgehead atoms. The number of hydrogen-bond acceptors (Lipinski definition) is 4. The Kier molecular flexibility index (Phi) is 6.01. The minimum absolute atomic E-state index is 0.0443. The summed E-state index contributed by atoms with van der Waals surface area (Å²) in [5, 5.41) is 6.52. The van der Waals surface area contributed by atoms with Crippen molar-refractivity contribution in [1.82, 2.24) is 10.2 Å². The molecule has 0 unspecified atom stereocenters. The molecule has 2 aliphatic heterocycles. The Morgan fingerprint density at radius 2 is 1.93 bits per heavy atom. The number of anilines is 1. The summed E-state index contributed by atoms with van der Waals surface area (Å²) in [7, 11) is 0. The van der Waals surface area contributed by atoms with Gasteiger partial charge in [0, 0.05) is 17.6 Å². The van der Waals surface area contributed by atoms with Crippen LogP contribution in [0.25, 0.3) is 11.1 Å². The summed E-state index contributed by atoms with van der Waals surface area (Å²) >= 11 is 7.43. The maximum absolute atomic E-state index is 13.3. The normalized spacial score (nSPS) is 20.7. The van der Waals surface area contributed by atoms with Gasteiger partial charge in [-0.1, -0.05) is 29.8 Å². The van der Waals surface area contributed by atoms with Gasteiger partial charge in [-0.3, -0.25) is 14.4 Å². The second-order valence-electron chi connectivity index (χ2n) is 7.49. The van der Waals surface area contributed by atoms with E-state index in [1.165, 1.54) is 11.8 Å². The van der Waals surface area contributed by atoms with Crippen LogP contribution < -0.4 is 10.6 Å². The van der Waals surface area contributed by atoms with Crippen molar-refractivity contribution in [2.75, 3.05) is 23.9 Å². The molecule has 0 spiro atoms. The van der Waals surface area contributed by atoms with Crippen LogP contribution >= 0.6 is 23.4 Å². The largest absolute Gasteiger partial charge is 0.352 e. The highest BCUT2D eigenvalue weighted by molar-refractivity contribution is 7.99. The van der Waals surface area contributed by atoms with Crippen LogP contribution in [0.4, 0.5) is 5.69 Å². The molecule has 3 amide bonds. The quantitative estimate of drug-likeness (QED) is 0.759. The lowest BCUT2D eigenvalue weighted by Gasteiger charge is -2.37. The molecule has 156 valence electrons. The molecular weight excluding hydrogens is 422 g/mol. The van der Waals surface area contributed by atoms with Crippen LogP contribution in [-0.2, 0) is 9.59 Å². The van der Waals surface area contributed by atoms with Crippen LogP contribution in [0.15, 0.2) is 42.5 Å². The second kappa shape index (κ2) is 8.70. The smallest absolute Gasteiger partial charge is 0.256 e. The van der Waals surface area contributed by atoms with Crippen LogP contribution in [0.5, 0.6) is 0 Å². The average molecular weight is 444 g/mol. The minimum atomic E-state index is -0.600. The molecule has 2 atom stereocenters. The van der Waals surface area contributed by atoms with Crippen molar-refractivity contribution in [3.05, 3.63) is 53.1 Å². The van der Waals surface area contributed by atoms with E-state index in [4.69, 9.17) is 11.6 Å². The fraction of sp³-hybridized carbons (Fsp3) is 0.318. The maximum Gasteiger partial charge on any atom is 0.256 e. The molecule has 4 rings (SSSR count). The topological polar surface area (TPSA) is 78.5 Å². The van der Waals surface area contributed by atoms with Gasteiger partial charge in [-0.2, -0.15) is 11.8 Å². The standard InChI is InChI=1S/C22H22ClN3O3S/c1-30-12-20(27)24-16-8-9-26-19(11-16)21(28)25-18-7-4-14(10-17(18)22(26)29)13-2-5-15(23)6-3-13/h2-7,10,16,19H,8-9,11-12H2,1H3,(H,24,27)(H,25,28)/t16-,19+/m1/s1. The van der Waals surface area contributed by atoms with Crippen LogP contribution in [0, 0.1) is 0 Å².